The van der Waals surface area contributed by atoms with Crippen molar-refractivity contribution in [3.05, 3.63) is 34.2 Å². The van der Waals surface area contributed by atoms with Crippen molar-refractivity contribution >= 4 is 15.9 Å². The normalized spacial score (nSPS) is 12.5. The summed E-state index contributed by atoms with van der Waals surface area (Å²) < 4.78 is 8.50. The molecule has 1 atom stereocenters. The maximum Gasteiger partial charge on any atom is 0.221 e. The molecular formula is C13H17BrN4O. The number of ether oxygens (including phenoxy) is 1. The second kappa shape index (κ2) is 5.71. The number of pyridine rings is 1. The van der Waals surface area contributed by atoms with Gasteiger partial charge in [-0.05, 0) is 42.3 Å². The highest BCUT2D eigenvalue weighted by Gasteiger charge is 2.16. The maximum atomic E-state index is 5.90. The van der Waals surface area contributed by atoms with Gasteiger partial charge in [-0.3, -0.25) is 4.98 Å². The fourth-order valence-corrected chi connectivity index (χ4v) is 2.27. The van der Waals surface area contributed by atoms with E-state index in [1.165, 1.54) is 0 Å². The molecule has 102 valence electrons. The smallest absolute Gasteiger partial charge is 0.221 e. The van der Waals surface area contributed by atoms with Crippen molar-refractivity contribution in [1.82, 2.24) is 14.8 Å². The van der Waals surface area contributed by atoms with E-state index >= 15 is 0 Å². The summed E-state index contributed by atoms with van der Waals surface area (Å²) in [7, 11) is 1.86. The van der Waals surface area contributed by atoms with E-state index in [2.05, 4.69) is 26.0 Å². The molecular weight excluding hydrogens is 308 g/mol. The highest BCUT2D eigenvalue weighted by molar-refractivity contribution is 9.10. The van der Waals surface area contributed by atoms with Crippen LogP contribution in [0.4, 0.5) is 0 Å². The molecule has 6 heteroatoms. The largest absolute Gasteiger partial charge is 0.437 e. The number of hydrogen-bond donors (Lipinski definition) is 1. The van der Waals surface area contributed by atoms with Crippen LogP contribution in [0, 0.1) is 6.92 Å². The summed E-state index contributed by atoms with van der Waals surface area (Å²) in [5, 5.41) is 4.39. The van der Waals surface area contributed by atoms with Crippen molar-refractivity contribution < 1.29 is 4.74 Å². The highest BCUT2D eigenvalue weighted by atomic mass is 79.9. The van der Waals surface area contributed by atoms with Crippen LogP contribution in [0.3, 0.4) is 0 Å². The van der Waals surface area contributed by atoms with Crippen LogP contribution in [0.2, 0.25) is 0 Å². The van der Waals surface area contributed by atoms with E-state index in [0.29, 0.717) is 5.75 Å². The van der Waals surface area contributed by atoms with Crippen molar-refractivity contribution in [3.63, 3.8) is 0 Å². The first-order valence-corrected chi connectivity index (χ1v) is 6.83. The summed E-state index contributed by atoms with van der Waals surface area (Å²) in [6, 6.07) is 1.93. The van der Waals surface area contributed by atoms with Crippen molar-refractivity contribution in [1.29, 1.82) is 0 Å². The van der Waals surface area contributed by atoms with Gasteiger partial charge in [0.1, 0.15) is 5.75 Å². The first kappa shape index (κ1) is 14.0. The van der Waals surface area contributed by atoms with Gasteiger partial charge in [-0.2, -0.15) is 5.10 Å². The topological polar surface area (TPSA) is 66.0 Å². The van der Waals surface area contributed by atoms with Crippen LogP contribution in [-0.2, 0) is 13.5 Å². The summed E-state index contributed by atoms with van der Waals surface area (Å²) in [5.41, 5.74) is 7.86. The van der Waals surface area contributed by atoms with Crippen LogP contribution in [0.25, 0.3) is 0 Å². The first-order chi connectivity index (χ1) is 8.97. The molecule has 2 aromatic heterocycles. The molecule has 0 amide bonds. The second-order valence-electron chi connectivity index (χ2n) is 4.62. The Morgan fingerprint density at radius 1 is 1.47 bits per heavy atom. The second-order valence-corrected chi connectivity index (χ2v) is 5.53. The predicted molar refractivity (Wildman–Crippen MR) is 77.3 cm³/mol. The number of nitrogens with zero attached hydrogens (tertiary/aromatic N) is 3. The molecule has 0 bridgehead atoms. The number of rotatable bonds is 4. The van der Waals surface area contributed by atoms with E-state index in [1.54, 1.807) is 17.1 Å². The standard InChI is InChI=1S/C13H17BrN4O/c1-8(15)4-12-9(2)17-18(3)13(12)19-11-5-10(14)6-16-7-11/h5-8H,4,15H2,1-3H3. The van der Waals surface area contributed by atoms with Gasteiger partial charge in [0.15, 0.2) is 0 Å². The molecule has 0 aliphatic heterocycles. The number of aryl methyl sites for hydroxylation is 2. The molecule has 2 rings (SSSR count). The van der Waals surface area contributed by atoms with E-state index in [1.807, 2.05) is 27.0 Å². The SMILES string of the molecule is Cc1nn(C)c(Oc2cncc(Br)c2)c1CC(C)N. The Morgan fingerprint density at radius 2 is 2.21 bits per heavy atom. The number of aromatic nitrogens is 3. The minimum atomic E-state index is 0.0610. The van der Waals surface area contributed by atoms with Gasteiger partial charge in [-0.25, -0.2) is 4.68 Å². The van der Waals surface area contributed by atoms with E-state index in [0.717, 1.165) is 28.0 Å². The third-order valence-electron chi connectivity index (χ3n) is 2.71. The molecule has 0 aliphatic rings. The number of nitrogens with two attached hydrogens (primary N) is 1. The van der Waals surface area contributed by atoms with Gasteiger partial charge in [0.05, 0.1) is 11.9 Å². The van der Waals surface area contributed by atoms with E-state index in [-0.39, 0.29) is 6.04 Å². The zero-order valence-electron chi connectivity index (χ0n) is 11.2. The quantitative estimate of drug-likeness (QED) is 0.938. The average molecular weight is 325 g/mol. The molecule has 2 N–H and O–H groups in total. The zero-order valence-corrected chi connectivity index (χ0v) is 12.8. The van der Waals surface area contributed by atoms with Gasteiger partial charge in [-0.1, -0.05) is 0 Å². The predicted octanol–water partition coefficient (Wildman–Crippen LogP) is 2.57. The Kier molecular flexibility index (Phi) is 4.21. The molecule has 0 fully saturated rings. The van der Waals surface area contributed by atoms with Gasteiger partial charge in [0.2, 0.25) is 5.88 Å². The van der Waals surface area contributed by atoms with Crippen LogP contribution in [0.15, 0.2) is 22.9 Å². The summed E-state index contributed by atoms with van der Waals surface area (Å²) in [6.07, 6.45) is 4.11. The highest BCUT2D eigenvalue weighted by Crippen LogP contribution is 2.28. The molecule has 0 radical (unpaired) electrons. The Balaban J connectivity index is 2.33. The molecule has 0 saturated heterocycles. The molecule has 2 aromatic rings. The number of hydrogen-bond acceptors (Lipinski definition) is 4. The summed E-state index contributed by atoms with van der Waals surface area (Å²) in [6.45, 7) is 3.93. The molecule has 0 saturated carbocycles. The Bertz CT molecular complexity index is 580. The summed E-state index contributed by atoms with van der Waals surface area (Å²) >= 11 is 3.37. The van der Waals surface area contributed by atoms with Crippen molar-refractivity contribution in [2.24, 2.45) is 12.8 Å². The Hall–Kier alpha value is -1.40. The lowest BCUT2D eigenvalue weighted by Gasteiger charge is -2.10. The lowest BCUT2D eigenvalue weighted by molar-refractivity contribution is 0.422. The Morgan fingerprint density at radius 3 is 2.84 bits per heavy atom. The molecule has 2 heterocycles. The zero-order chi connectivity index (χ0) is 14.0. The molecule has 0 aromatic carbocycles. The number of halogens is 1. The molecule has 0 spiro atoms. The Labute approximate surface area is 120 Å². The van der Waals surface area contributed by atoms with E-state index in [9.17, 15) is 0 Å². The van der Waals surface area contributed by atoms with Crippen LogP contribution >= 0.6 is 15.9 Å². The molecule has 1 unspecified atom stereocenters. The van der Waals surface area contributed by atoms with Gasteiger partial charge >= 0.3 is 0 Å². The minimum absolute atomic E-state index is 0.0610. The lowest BCUT2D eigenvalue weighted by atomic mass is 10.1. The van der Waals surface area contributed by atoms with E-state index < -0.39 is 0 Å². The van der Waals surface area contributed by atoms with Crippen molar-refractivity contribution in [3.8, 4) is 11.6 Å². The molecule has 19 heavy (non-hydrogen) atoms. The lowest BCUT2D eigenvalue weighted by Crippen LogP contribution is -2.18. The van der Waals surface area contributed by atoms with Crippen LogP contribution < -0.4 is 10.5 Å². The first-order valence-electron chi connectivity index (χ1n) is 6.04. The minimum Gasteiger partial charge on any atom is -0.437 e. The summed E-state index contributed by atoms with van der Waals surface area (Å²) in [5.74, 6) is 1.39. The van der Waals surface area contributed by atoms with Crippen LogP contribution in [-0.4, -0.2) is 20.8 Å². The fourth-order valence-electron chi connectivity index (χ4n) is 1.93. The van der Waals surface area contributed by atoms with Gasteiger partial charge in [-0.15, -0.1) is 0 Å². The fraction of sp³-hybridized carbons (Fsp3) is 0.385. The molecule has 0 aliphatic carbocycles. The van der Waals surface area contributed by atoms with Crippen molar-refractivity contribution in [2.75, 3.05) is 0 Å². The summed E-state index contributed by atoms with van der Waals surface area (Å²) in [4.78, 5) is 4.08. The van der Waals surface area contributed by atoms with Gasteiger partial charge in [0.25, 0.3) is 0 Å². The van der Waals surface area contributed by atoms with Crippen LogP contribution in [0.5, 0.6) is 11.6 Å². The van der Waals surface area contributed by atoms with Gasteiger partial charge < -0.3 is 10.5 Å². The third kappa shape index (κ3) is 3.33. The van der Waals surface area contributed by atoms with Crippen molar-refractivity contribution in [2.45, 2.75) is 26.3 Å². The van der Waals surface area contributed by atoms with E-state index in [4.69, 9.17) is 10.5 Å². The maximum absolute atomic E-state index is 5.90. The monoisotopic (exact) mass is 324 g/mol. The van der Waals surface area contributed by atoms with Gasteiger partial charge in [0, 0.05) is 29.3 Å². The average Bonchev–Trinajstić information content (AvgIpc) is 2.56. The molecule has 5 nitrogen and oxygen atoms in total. The third-order valence-corrected chi connectivity index (χ3v) is 3.14. The van der Waals surface area contributed by atoms with Crippen LogP contribution in [0.1, 0.15) is 18.2 Å².